The molecule has 3 amide bonds. The molecule has 2 aliphatic heterocycles. The number of hydrogen-bond acceptors (Lipinski definition) is 6. The first-order valence-corrected chi connectivity index (χ1v) is 12.0. The van der Waals surface area contributed by atoms with Gasteiger partial charge in [-0.3, -0.25) is 14.4 Å². The van der Waals surface area contributed by atoms with Crippen LogP contribution in [0.2, 0.25) is 0 Å². The molecule has 2 unspecified atom stereocenters. The van der Waals surface area contributed by atoms with Crippen LogP contribution >= 0.6 is 0 Å². The van der Waals surface area contributed by atoms with E-state index in [9.17, 15) is 19.5 Å². The normalized spacial score (nSPS) is 21.5. The van der Waals surface area contributed by atoms with Crippen molar-refractivity contribution in [2.24, 2.45) is 0 Å². The lowest BCUT2D eigenvalue weighted by molar-refractivity contribution is -0.150. The van der Waals surface area contributed by atoms with Gasteiger partial charge in [0, 0.05) is 30.2 Å². The number of nitrogens with one attached hydrogen (secondary N) is 1. The Bertz CT molecular complexity index is 1140. The molecule has 2 atom stereocenters. The number of amides is 3. The minimum atomic E-state index is -1.66. The van der Waals surface area contributed by atoms with Crippen LogP contribution in [0, 0.1) is 0 Å². The number of carbonyl (C=O) groups is 3. The molecule has 2 saturated heterocycles. The van der Waals surface area contributed by atoms with Crippen molar-refractivity contribution in [1.29, 1.82) is 0 Å². The minimum Gasteiger partial charge on any atom is -0.380 e. The van der Waals surface area contributed by atoms with Crippen molar-refractivity contribution in [3.8, 4) is 0 Å². The zero-order chi connectivity index (χ0) is 24.4. The summed E-state index contributed by atoms with van der Waals surface area (Å²) in [5.74, 6) is -1.34. The van der Waals surface area contributed by atoms with E-state index in [1.807, 2.05) is 18.2 Å². The van der Waals surface area contributed by atoms with Crippen molar-refractivity contribution in [3.05, 3.63) is 53.6 Å². The molecule has 2 N–H and O–H groups in total. The summed E-state index contributed by atoms with van der Waals surface area (Å²) in [7, 11) is 0. The predicted octanol–water partition coefficient (Wildman–Crippen LogP) is 1.66. The molecule has 1 aliphatic carbocycles. The van der Waals surface area contributed by atoms with Crippen LogP contribution in [0.15, 0.2) is 42.5 Å². The van der Waals surface area contributed by atoms with Crippen LogP contribution in [0.25, 0.3) is 0 Å². The second-order valence-electron chi connectivity index (χ2n) is 9.02. The number of morpholine rings is 2. The Kier molecular flexibility index (Phi) is 6.81. The third-order valence-electron chi connectivity index (χ3n) is 6.73. The van der Waals surface area contributed by atoms with Crippen LogP contribution in [0.5, 0.6) is 0 Å². The summed E-state index contributed by atoms with van der Waals surface area (Å²) in [6, 6.07) is 12.8. The SMILES string of the molecule is O=C(Nc1ccc2c(c1)CCCC2)C(O)C1OCCN(c2cccc(N3CCOCC3=O)c2)C1=O. The summed E-state index contributed by atoms with van der Waals surface area (Å²) in [6.45, 7) is 1.34. The number of benzene rings is 2. The monoisotopic (exact) mass is 479 g/mol. The average Bonchev–Trinajstić information content (AvgIpc) is 2.88. The molecule has 2 heterocycles. The number of carbonyl (C=O) groups excluding carboxylic acids is 3. The minimum absolute atomic E-state index is 0.0221. The molecule has 2 fully saturated rings. The highest BCUT2D eigenvalue weighted by atomic mass is 16.5. The van der Waals surface area contributed by atoms with E-state index in [0.717, 1.165) is 19.3 Å². The van der Waals surface area contributed by atoms with Gasteiger partial charge in [0.2, 0.25) is 0 Å². The van der Waals surface area contributed by atoms with Gasteiger partial charge >= 0.3 is 0 Å². The van der Waals surface area contributed by atoms with Crippen molar-refractivity contribution in [2.45, 2.75) is 37.9 Å². The quantitative estimate of drug-likeness (QED) is 0.675. The van der Waals surface area contributed by atoms with E-state index in [-0.39, 0.29) is 25.7 Å². The Morgan fingerprint density at radius 3 is 2.51 bits per heavy atom. The molecular formula is C26H29N3O6. The maximum absolute atomic E-state index is 13.2. The van der Waals surface area contributed by atoms with Crippen LogP contribution in [0.4, 0.5) is 17.1 Å². The Morgan fingerprint density at radius 1 is 0.971 bits per heavy atom. The Hall–Kier alpha value is -3.27. The highest BCUT2D eigenvalue weighted by Gasteiger charge is 2.39. The fraction of sp³-hybridized carbons (Fsp3) is 0.423. The Balaban J connectivity index is 1.28. The van der Waals surface area contributed by atoms with E-state index in [4.69, 9.17) is 9.47 Å². The van der Waals surface area contributed by atoms with Gasteiger partial charge in [0.25, 0.3) is 17.7 Å². The predicted molar refractivity (Wildman–Crippen MR) is 129 cm³/mol. The molecule has 35 heavy (non-hydrogen) atoms. The van der Waals surface area contributed by atoms with Gasteiger partial charge in [0.05, 0.1) is 13.2 Å². The van der Waals surface area contributed by atoms with Gasteiger partial charge in [-0.2, -0.15) is 0 Å². The number of aryl methyl sites for hydroxylation is 2. The highest BCUT2D eigenvalue weighted by molar-refractivity contribution is 6.04. The van der Waals surface area contributed by atoms with Crippen LogP contribution in [0.1, 0.15) is 24.0 Å². The standard InChI is InChI=1S/C26H29N3O6/c30-22-16-34-12-10-28(22)20-6-3-7-21(15-20)29-11-13-35-24(26(29)33)23(31)25(32)27-19-9-8-17-4-1-2-5-18(17)14-19/h3,6-9,14-15,23-24,31H,1-2,4-5,10-13,16H2,(H,27,32). The third-order valence-corrected chi connectivity index (χ3v) is 6.73. The number of nitrogens with zero attached hydrogens (tertiary/aromatic N) is 2. The zero-order valence-electron chi connectivity index (χ0n) is 19.4. The summed E-state index contributed by atoms with van der Waals surface area (Å²) < 4.78 is 10.7. The molecule has 9 nitrogen and oxygen atoms in total. The van der Waals surface area contributed by atoms with E-state index >= 15 is 0 Å². The summed E-state index contributed by atoms with van der Waals surface area (Å²) in [5, 5.41) is 13.4. The molecule has 2 aromatic carbocycles. The van der Waals surface area contributed by atoms with E-state index in [0.29, 0.717) is 30.2 Å². The van der Waals surface area contributed by atoms with Gasteiger partial charge in [-0.1, -0.05) is 12.1 Å². The number of aliphatic hydroxyl groups excluding tert-OH is 1. The third kappa shape index (κ3) is 4.93. The molecule has 0 spiro atoms. The number of ether oxygens (including phenoxy) is 2. The van der Waals surface area contributed by atoms with Crippen LogP contribution in [0.3, 0.4) is 0 Å². The second-order valence-corrected chi connectivity index (χ2v) is 9.02. The number of fused-ring (bicyclic) bond motifs is 1. The van der Waals surface area contributed by atoms with Crippen LogP contribution in [-0.2, 0) is 36.7 Å². The fourth-order valence-electron chi connectivity index (χ4n) is 4.87. The lowest BCUT2D eigenvalue weighted by Crippen LogP contribution is -2.55. The first-order chi connectivity index (χ1) is 17.0. The summed E-state index contributed by atoms with van der Waals surface area (Å²) in [5.41, 5.74) is 4.33. The lowest BCUT2D eigenvalue weighted by atomic mass is 9.91. The molecule has 0 bridgehead atoms. The summed E-state index contributed by atoms with van der Waals surface area (Å²) >= 11 is 0. The van der Waals surface area contributed by atoms with E-state index < -0.39 is 24.0 Å². The fourth-order valence-corrected chi connectivity index (χ4v) is 4.87. The van der Waals surface area contributed by atoms with Crippen molar-refractivity contribution in [1.82, 2.24) is 0 Å². The number of aliphatic hydroxyl groups is 1. The molecule has 0 saturated carbocycles. The number of anilines is 3. The molecule has 3 aliphatic rings. The summed E-state index contributed by atoms with van der Waals surface area (Å²) in [6.07, 6.45) is 1.30. The Morgan fingerprint density at radius 2 is 1.71 bits per heavy atom. The molecule has 2 aromatic rings. The van der Waals surface area contributed by atoms with Crippen molar-refractivity contribution in [2.75, 3.05) is 48.0 Å². The molecule has 0 radical (unpaired) electrons. The largest absolute Gasteiger partial charge is 0.380 e. The topological polar surface area (TPSA) is 108 Å². The van der Waals surface area contributed by atoms with E-state index in [1.165, 1.54) is 22.4 Å². The smallest absolute Gasteiger partial charge is 0.259 e. The lowest BCUT2D eigenvalue weighted by Gasteiger charge is -2.35. The molecule has 184 valence electrons. The van der Waals surface area contributed by atoms with E-state index in [1.54, 1.807) is 29.2 Å². The average molecular weight is 480 g/mol. The van der Waals surface area contributed by atoms with Crippen molar-refractivity contribution >= 4 is 34.8 Å². The molecule has 9 heteroatoms. The molecule has 5 rings (SSSR count). The van der Waals surface area contributed by atoms with Gasteiger partial charge in [-0.15, -0.1) is 0 Å². The first-order valence-electron chi connectivity index (χ1n) is 12.0. The van der Waals surface area contributed by atoms with Crippen LogP contribution < -0.4 is 15.1 Å². The first kappa shape index (κ1) is 23.5. The van der Waals surface area contributed by atoms with Gasteiger partial charge in [-0.05, 0) is 67.1 Å². The van der Waals surface area contributed by atoms with Crippen LogP contribution in [-0.4, -0.2) is 67.9 Å². The maximum atomic E-state index is 13.2. The van der Waals surface area contributed by atoms with Gasteiger partial charge in [0.15, 0.2) is 12.2 Å². The van der Waals surface area contributed by atoms with E-state index in [2.05, 4.69) is 5.32 Å². The van der Waals surface area contributed by atoms with Crippen molar-refractivity contribution < 1.29 is 29.0 Å². The number of hydrogen-bond donors (Lipinski definition) is 2. The second kappa shape index (κ2) is 10.2. The summed E-state index contributed by atoms with van der Waals surface area (Å²) in [4.78, 5) is 41.3. The Labute approximate surface area is 203 Å². The van der Waals surface area contributed by atoms with Gasteiger partial charge < -0.3 is 29.7 Å². The van der Waals surface area contributed by atoms with Gasteiger partial charge in [0.1, 0.15) is 6.61 Å². The highest BCUT2D eigenvalue weighted by Crippen LogP contribution is 2.27. The van der Waals surface area contributed by atoms with Crippen molar-refractivity contribution in [3.63, 3.8) is 0 Å². The number of rotatable bonds is 5. The maximum Gasteiger partial charge on any atom is 0.259 e. The molecule has 0 aromatic heterocycles. The zero-order valence-corrected chi connectivity index (χ0v) is 19.4. The molecular weight excluding hydrogens is 450 g/mol. The van der Waals surface area contributed by atoms with Gasteiger partial charge in [-0.25, -0.2) is 0 Å².